The third kappa shape index (κ3) is 6.35. The van der Waals surface area contributed by atoms with Crippen LogP contribution in [0.1, 0.15) is 25.3 Å². The Balaban J connectivity index is 1.31. The SMILES string of the molecule is CCNC(=NCc1cccc(OCC(=O)NC2CC2)c1)N1CCN(c2ccccn2)CC1. The lowest BCUT2D eigenvalue weighted by molar-refractivity contribution is -0.123. The number of guanidine groups is 1. The lowest BCUT2D eigenvalue weighted by Crippen LogP contribution is -2.52. The second kappa shape index (κ2) is 10.8. The average Bonchev–Trinajstić information content (AvgIpc) is 3.65. The van der Waals surface area contributed by atoms with Crippen LogP contribution in [-0.2, 0) is 11.3 Å². The summed E-state index contributed by atoms with van der Waals surface area (Å²) in [6.45, 7) is 7.10. The molecule has 1 aliphatic heterocycles. The van der Waals surface area contributed by atoms with Crippen LogP contribution in [0, 0.1) is 0 Å². The average molecular weight is 437 g/mol. The molecule has 0 radical (unpaired) electrons. The smallest absolute Gasteiger partial charge is 0.258 e. The van der Waals surface area contributed by atoms with E-state index >= 15 is 0 Å². The third-order valence-corrected chi connectivity index (χ3v) is 5.51. The Morgan fingerprint density at radius 3 is 2.72 bits per heavy atom. The molecule has 0 atom stereocenters. The Kier molecular flexibility index (Phi) is 7.42. The van der Waals surface area contributed by atoms with Gasteiger partial charge in [-0.2, -0.15) is 0 Å². The third-order valence-electron chi connectivity index (χ3n) is 5.51. The zero-order chi connectivity index (χ0) is 22.2. The molecule has 32 heavy (non-hydrogen) atoms. The topological polar surface area (TPSA) is 82.1 Å². The Morgan fingerprint density at radius 2 is 2.00 bits per heavy atom. The summed E-state index contributed by atoms with van der Waals surface area (Å²) < 4.78 is 5.66. The van der Waals surface area contributed by atoms with E-state index in [-0.39, 0.29) is 12.5 Å². The van der Waals surface area contributed by atoms with Crippen molar-refractivity contribution < 1.29 is 9.53 Å². The van der Waals surface area contributed by atoms with Gasteiger partial charge >= 0.3 is 0 Å². The zero-order valence-corrected chi connectivity index (χ0v) is 18.7. The van der Waals surface area contributed by atoms with Gasteiger partial charge in [0.25, 0.3) is 5.91 Å². The molecule has 1 aromatic heterocycles. The van der Waals surface area contributed by atoms with E-state index in [0.29, 0.717) is 18.3 Å². The van der Waals surface area contributed by atoms with Gasteiger partial charge in [-0.25, -0.2) is 9.98 Å². The number of aromatic nitrogens is 1. The summed E-state index contributed by atoms with van der Waals surface area (Å²) in [5.74, 6) is 2.58. The number of hydrogen-bond donors (Lipinski definition) is 2. The van der Waals surface area contributed by atoms with Crippen LogP contribution in [0.25, 0.3) is 0 Å². The van der Waals surface area contributed by atoms with Crippen LogP contribution in [0.4, 0.5) is 5.82 Å². The number of carbonyl (C=O) groups excluding carboxylic acids is 1. The molecule has 1 saturated carbocycles. The van der Waals surface area contributed by atoms with E-state index in [1.165, 1.54) is 0 Å². The van der Waals surface area contributed by atoms with E-state index in [4.69, 9.17) is 9.73 Å². The number of aliphatic imine (C=N–C) groups is 1. The molecule has 2 aliphatic rings. The molecule has 1 amide bonds. The number of rotatable bonds is 8. The van der Waals surface area contributed by atoms with Gasteiger partial charge in [0.1, 0.15) is 11.6 Å². The quantitative estimate of drug-likeness (QED) is 0.487. The number of nitrogens with zero attached hydrogens (tertiary/aromatic N) is 4. The maximum Gasteiger partial charge on any atom is 0.258 e. The highest BCUT2D eigenvalue weighted by molar-refractivity contribution is 5.80. The summed E-state index contributed by atoms with van der Waals surface area (Å²) in [5.41, 5.74) is 1.05. The Hall–Kier alpha value is -3.29. The standard InChI is InChI=1S/C24H32N6O2/c1-2-25-24(30-14-12-29(13-15-30)22-8-3-4-11-26-22)27-17-19-6-5-7-21(16-19)32-18-23(31)28-20-9-10-20/h3-8,11,16,20H,2,9-10,12-15,17-18H2,1H3,(H,25,27)(H,28,31). The number of benzene rings is 1. The molecule has 0 spiro atoms. The lowest BCUT2D eigenvalue weighted by atomic mass is 10.2. The molecule has 1 aliphatic carbocycles. The minimum Gasteiger partial charge on any atom is -0.484 e. The van der Waals surface area contributed by atoms with Crippen LogP contribution >= 0.6 is 0 Å². The first-order valence-corrected chi connectivity index (χ1v) is 11.4. The van der Waals surface area contributed by atoms with E-state index in [9.17, 15) is 4.79 Å². The van der Waals surface area contributed by atoms with Crippen molar-refractivity contribution in [2.45, 2.75) is 32.4 Å². The van der Waals surface area contributed by atoms with E-state index < -0.39 is 0 Å². The Bertz CT molecular complexity index is 908. The van der Waals surface area contributed by atoms with Gasteiger partial charge in [-0.3, -0.25) is 4.79 Å². The lowest BCUT2D eigenvalue weighted by Gasteiger charge is -2.37. The van der Waals surface area contributed by atoms with Gasteiger partial charge in [-0.05, 0) is 49.6 Å². The van der Waals surface area contributed by atoms with Gasteiger partial charge in [0.15, 0.2) is 12.6 Å². The molecule has 2 N–H and O–H groups in total. The summed E-state index contributed by atoms with van der Waals surface area (Å²) >= 11 is 0. The predicted molar refractivity (Wildman–Crippen MR) is 126 cm³/mol. The van der Waals surface area contributed by atoms with Crippen LogP contribution in [0.15, 0.2) is 53.7 Å². The molecule has 0 bridgehead atoms. The van der Waals surface area contributed by atoms with Crippen LogP contribution in [0.5, 0.6) is 5.75 Å². The molecule has 1 saturated heterocycles. The molecule has 0 unspecified atom stereocenters. The molecule has 8 heteroatoms. The normalized spacial score (nSPS) is 16.6. The van der Waals surface area contributed by atoms with Crippen molar-refractivity contribution in [3.05, 3.63) is 54.2 Å². The fraction of sp³-hybridized carbons (Fsp3) is 0.458. The van der Waals surface area contributed by atoms with Crippen molar-refractivity contribution in [2.24, 2.45) is 4.99 Å². The highest BCUT2D eigenvalue weighted by atomic mass is 16.5. The van der Waals surface area contributed by atoms with Gasteiger partial charge in [0.2, 0.25) is 0 Å². The van der Waals surface area contributed by atoms with Crippen molar-refractivity contribution in [3.8, 4) is 5.75 Å². The van der Waals surface area contributed by atoms with Gasteiger partial charge in [-0.15, -0.1) is 0 Å². The second-order valence-corrected chi connectivity index (χ2v) is 8.11. The minimum atomic E-state index is -0.0600. The Labute approximate surface area is 189 Å². The summed E-state index contributed by atoms with van der Waals surface area (Å²) in [7, 11) is 0. The van der Waals surface area contributed by atoms with Crippen molar-refractivity contribution in [3.63, 3.8) is 0 Å². The summed E-state index contributed by atoms with van der Waals surface area (Å²) in [5, 5.41) is 6.35. The first kappa shape index (κ1) is 21.9. The first-order chi connectivity index (χ1) is 15.7. The van der Waals surface area contributed by atoms with Crippen molar-refractivity contribution in [1.29, 1.82) is 0 Å². The minimum absolute atomic E-state index is 0.0480. The molecule has 2 aromatic rings. The molecule has 1 aromatic carbocycles. The highest BCUT2D eigenvalue weighted by Crippen LogP contribution is 2.19. The van der Waals surface area contributed by atoms with Crippen molar-refractivity contribution >= 4 is 17.7 Å². The predicted octanol–water partition coefficient (Wildman–Crippen LogP) is 2.03. The molecule has 2 fully saturated rings. The number of carbonyl (C=O) groups is 1. The number of pyridine rings is 1. The number of piperazine rings is 1. The van der Waals surface area contributed by atoms with Gasteiger partial charge in [0, 0.05) is 45.0 Å². The second-order valence-electron chi connectivity index (χ2n) is 8.11. The van der Waals surface area contributed by atoms with Gasteiger partial charge in [0.05, 0.1) is 6.54 Å². The molecular weight excluding hydrogens is 404 g/mol. The number of hydrogen-bond acceptors (Lipinski definition) is 5. The van der Waals surface area contributed by atoms with Crippen LogP contribution in [0.2, 0.25) is 0 Å². The fourth-order valence-corrected chi connectivity index (χ4v) is 3.66. The number of amides is 1. The molecule has 8 nitrogen and oxygen atoms in total. The summed E-state index contributed by atoms with van der Waals surface area (Å²) in [4.78, 5) is 25.8. The maximum atomic E-state index is 11.8. The van der Waals surface area contributed by atoms with Crippen LogP contribution in [-0.4, -0.2) is 67.1 Å². The van der Waals surface area contributed by atoms with E-state index in [0.717, 1.165) is 62.9 Å². The number of ether oxygens (including phenoxy) is 1. The van der Waals surface area contributed by atoms with E-state index in [2.05, 4.69) is 38.4 Å². The van der Waals surface area contributed by atoms with Crippen molar-refractivity contribution in [1.82, 2.24) is 20.5 Å². The fourth-order valence-electron chi connectivity index (χ4n) is 3.66. The van der Waals surface area contributed by atoms with Gasteiger partial charge < -0.3 is 25.2 Å². The van der Waals surface area contributed by atoms with Crippen LogP contribution in [0.3, 0.4) is 0 Å². The first-order valence-electron chi connectivity index (χ1n) is 11.4. The highest BCUT2D eigenvalue weighted by Gasteiger charge is 2.23. The van der Waals surface area contributed by atoms with Crippen LogP contribution < -0.4 is 20.3 Å². The molecule has 170 valence electrons. The van der Waals surface area contributed by atoms with Gasteiger partial charge in [-0.1, -0.05) is 18.2 Å². The largest absolute Gasteiger partial charge is 0.484 e. The van der Waals surface area contributed by atoms with E-state index in [1.54, 1.807) is 0 Å². The molecule has 2 heterocycles. The maximum absolute atomic E-state index is 11.8. The Morgan fingerprint density at radius 1 is 1.16 bits per heavy atom. The van der Waals surface area contributed by atoms with E-state index in [1.807, 2.05) is 42.6 Å². The molecular formula is C24H32N6O2. The van der Waals surface area contributed by atoms with Crippen molar-refractivity contribution in [2.75, 3.05) is 44.2 Å². The monoisotopic (exact) mass is 436 g/mol. The number of anilines is 1. The molecule has 4 rings (SSSR count). The number of nitrogens with one attached hydrogen (secondary N) is 2. The zero-order valence-electron chi connectivity index (χ0n) is 18.7. The summed E-state index contributed by atoms with van der Waals surface area (Å²) in [6.07, 6.45) is 3.99. The summed E-state index contributed by atoms with van der Waals surface area (Å²) in [6, 6.07) is 14.2.